The maximum atomic E-state index is 13.8. The predicted molar refractivity (Wildman–Crippen MR) is 134 cm³/mol. The third-order valence-electron chi connectivity index (χ3n) is 6.61. The fraction of sp³-hybridized carbons (Fsp3) is 0.214. The molecule has 2 aliphatic rings. The van der Waals surface area contributed by atoms with Crippen LogP contribution in [0.4, 0.5) is 11.4 Å². The molecule has 1 aliphatic carbocycles. The summed E-state index contributed by atoms with van der Waals surface area (Å²) in [4.78, 5) is 28.5. The van der Waals surface area contributed by atoms with Crippen LogP contribution in [-0.2, 0) is 9.59 Å². The number of carbonyl (C=O) groups is 2. The Labute approximate surface area is 204 Å². The first-order valence-corrected chi connectivity index (χ1v) is 11.7. The Morgan fingerprint density at radius 1 is 1.00 bits per heavy atom. The first-order chi connectivity index (χ1) is 16.5. The summed E-state index contributed by atoms with van der Waals surface area (Å²) in [5.74, 6) is 0.660. The highest BCUT2D eigenvalue weighted by Gasteiger charge is 2.41. The number of carbonyl (C=O) groups excluding carboxylic acids is 2. The smallest absolute Gasteiger partial charge is 0.224 e. The number of ether oxygens (including phenoxy) is 1. The number of halogens is 1. The SMILES string of the molecule is COc1ccc([C@@H]2CC(=O)C3=C(C2)Nc2ccccc2N(C(C)=O)[C@@H]3c2ccccc2Cl)cc1. The number of nitrogens with zero attached hydrogens (tertiary/aromatic N) is 1. The molecule has 0 aromatic heterocycles. The number of Topliss-reactive ketones (excluding diaryl/α,β-unsaturated/α-hetero) is 1. The van der Waals surface area contributed by atoms with Gasteiger partial charge in [0.15, 0.2) is 5.78 Å². The second-order valence-corrected chi connectivity index (χ2v) is 9.06. The molecule has 0 saturated heterocycles. The lowest BCUT2D eigenvalue weighted by atomic mass is 9.78. The summed E-state index contributed by atoms with van der Waals surface area (Å²) in [5, 5.41) is 4.04. The minimum Gasteiger partial charge on any atom is -0.497 e. The van der Waals surface area contributed by atoms with E-state index in [0.717, 1.165) is 33.9 Å². The van der Waals surface area contributed by atoms with Gasteiger partial charge in [-0.05, 0) is 53.8 Å². The van der Waals surface area contributed by atoms with Crippen LogP contribution >= 0.6 is 11.6 Å². The molecule has 1 amide bonds. The van der Waals surface area contributed by atoms with Crippen LogP contribution in [0.2, 0.25) is 5.02 Å². The number of fused-ring (bicyclic) bond motifs is 1. The number of ketones is 1. The van der Waals surface area contributed by atoms with Crippen LogP contribution < -0.4 is 15.0 Å². The number of benzene rings is 3. The van der Waals surface area contributed by atoms with Crippen LogP contribution in [0.3, 0.4) is 0 Å². The third-order valence-corrected chi connectivity index (χ3v) is 6.96. The van der Waals surface area contributed by atoms with Crippen molar-refractivity contribution in [3.63, 3.8) is 0 Å². The van der Waals surface area contributed by atoms with Gasteiger partial charge in [-0.1, -0.05) is 54.1 Å². The van der Waals surface area contributed by atoms with Gasteiger partial charge in [-0.25, -0.2) is 0 Å². The van der Waals surface area contributed by atoms with Crippen molar-refractivity contribution in [2.24, 2.45) is 0 Å². The van der Waals surface area contributed by atoms with Crippen molar-refractivity contribution in [3.8, 4) is 5.75 Å². The number of para-hydroxylation sites is 2. The van der Waals surface area contributed by atoms with Gasteiger partial charge in [0.1, 0.15) is 5.75 Å². The Morgan fingerprint density at radius 3 is 2.41 bits per heavy atom. The Kier molecular flexibility index (Phi) is 5.88. The van der Waals surface area contributed by atoms with Crippen LogP contribution in [0.5, 0.6) is 5.75 Å². The molecule has 1 N–H and O–H groups in total. The number of nitrogens with one attached hydrogen (secondary N) is 1. The zero-order chi connectivity index (χ0) is 23.8. The molecular formula is C28H25ClN2O3. The predicted octanol–water partition coefficient (Wildman–Crippen LogP) is 6.27. The molecule has 0 saturated carbocycles. The van der Waals surface area contributed by atoms with Gasteiger partial charge in [0.05, 0.1) is 24.5 Å². The summed E-state index contributed by atoms with van der Waals surface area (Å²) < 4.78 is 5.29. The molecule has 3 aromatic rings. The molecule has 1 aliphatic heterocycles. The first kappa shape index (κ1) is 22.2. The van der Waals surface area contributed by atoms with Gasteiger partial charge in [0.2, 0.25) is 5.91 Å². The average molecular weight is 473 g/mol. The summed E-state index contributed by atoms with van der Waals surface area (Å²) in [7, 11) is 1.64. The minimum absolute atomic E-state index is 0.0125. The first-order valence-electron chi connectivity index (χ1n) is 11.3. The topological polar surface area (TPSA) is 58.6 Å². The van der Waals surface area contributed by atoms with Gasteiger partial charge in [-0.3, -0.25) is 14.5 Å². The molecule has 1 heterocycles. The standard InChI is InChI=1S/C28H25ClN2O3/c1-17(32)31-25-10-6-5-9-23(25)30-24-15-19(18-11-13-20(34-2)14-12-18)16-26(33)27(24)28(31)21-7-3-4-8-22(21)29/h3-14,19,28,30H,15-16H2,1-2H3/t19-,28+/m0/s1. The Hall–Kier alpha value is -3.57. The van der Waals surface area contributed by atoms with E-state index < -0.39 is 6.04 Å². The Bertz CT molecular complexity index is 1300. The van der Waals surface area contributed by atoms with Gasteiger partial charge < -0.3 is 10.1 Å². The summed E-state index contributed by atoms with van der Waals surface area (Å²) >= 11 is 6.64. The molecule has 0 radical (unpaired) electrons. The van der Waals surface area contributed by atoms with Crippen LogP contribution in [0, 0.1) is 0 Å². The summed E-state index contributed by atoms with van der Waals surface area (Å²) in [6.45, 7) is 1.53. The number of hydrogen-bond donors (Lipinski definition) is 1. The zero-order valence-electron chi connectivity index (χ0n) is 19.0. The molecule has 0 fully saturated rings. The van der Waals surface area contributed by atoms with E-state index in [9.17, 15) is 9.59 Å². The highest BCUT2D eigenvalue weighted by molar-refractivity contribution is 6.31. The number of anilines is 2. The van der Waals surface area contributed by atoms with Gasteiger partial charge >= 0.3 is 0 Å². The van der Waals surface area contributed by atoms with Crippen molar-refractivity contribution >= 4 is 34.7 Å². The fourth-order valence-corrected chi connectivity index (χ4v) is 5.28. The van der Waals surface area contributed by atoms with E-state index in [2.05, 4.69) is 5.32 Å². The second kappa shape index (κ2) is 8.99. The van der Waals surface area contributed by atoms with Crippen molar-refractivity contribution in [1.82, 2.24) is 0 Å². The van der Waals surface area contributed by atoms with Crippen LogP contribution in [0.15, 0.2) is 84.1 Å². The van der Waals surface area contributed by atoms with Gasteiger partial charge in [0.25, 0.3) is 0 Å². The van der Waals surface area contributed by atoms with E-state index in [0.29, 0.717) is 23.4 Å². The molecule has 0 bridgehead atoms. The van der Waals surface area contributed by atoms with E-state index in [4.69, 9.17) is 16.3 Å². The Morgan fingerprint density at radius 2 is 1.71 bits per heavy atom. The van der Waals surface area contributed by atoms with E-state index in [-0.39, 0.29) is 17.6 Å². The zero-order valence-corrected chi connectivity index (χ0v) is 19.8. The van der Waals surface area contributed by atoms with Gasteiger partial charge in [-0.15, -0.1) is 0 Å². The van der Waals surface area contributed by atoms with Gasteiger partial charge in [0, 0.05) is 29.6 Å². The number of allylic oxidation sites excluding steroid dienone is 1. The monoisotopic (exact) mass is 472 g/mol. The molecule has 0 spiro atoms. The summed E-state index contributed by atoms with van der Waals surface area (Å²) in [6, 6.07) is 22.3. The molecule has 34 heavy (non-hydrogen) atoms. The lowest BCUT2D eigenvalue weighted by molar-refractivity contribution is -0.117. The number of rotatable bonds is 3. The van der Waals surface area contributed by atoms with Crippen LogP contribution in [-0.4, -0.2) is 18.8 Å². The highest BCUT2D eigenvalue weighted by atomic mass is 35.5. The molecule has 5 rings (SSSR count). The van der Waals surface area contributed by atoms with Crippen molar-refractivity contribution in [3.05, 3.63) is 100 Å². The quantitative estimate of drug-likeness (QED) is 0.488. The largest absolute Gasteiger partial charge is 0.497 e. The third kappa shape index (κ3) is 3.86. The van der Waals surface area contributed by atoms with Crippen LogP contribution in [0.1, 0.15) is 42.9 Å². The number of hydrogen-bond acceptors (Lipinski definition) is 4. The molecule has 6 heteroatoms. The van der Waals surface area contributed by atoms with Crippen molar-refractivity contribution < 1.29 is 14.3 Å². The molecule has 3 aromatic carbocycles. The maximum absolute atomic E-state index is 13.8. The van der Waals surface area contributed by atoms with E-state index in [1.165, 1.54) is 6.92 Å². The van der Waals surface area contributed by atoms with Crippen molar-refractivity contribution in [2.75, 3.05) is 17.3 Å². The van der Waals surface area contributed by atoms with E-state index in [1.807, 2.05) is 66.7 Å². The highest BCUT2D eigenvalue weighted by Crippen LogP contribution is 2.48. The normalized spacial score (nSPS) is 19.6. The summed E-state index contributed by atoms with van der Waals surface area (Å²) in [5.41, 5.74) is 4.77. The lowest BCUT2D eigenvalue weighted by Crippen LogP contribution is -2.37. The van der Waals surface area contributed by atoms with Crippen molar-refractivity contribution in [1.29, 1.82) is 0 Å². The van der Waals surface area contributed by atoms with Gasteiger partial charge in [-0.2, -0.15) is 0 Å². The number of amides is 1. The lowest BCUT2D eigenvalue weighted by Gasteiger charge is -2.35. The van der Waals surface area contributed by atoms with Crippen molar-refractivity contribution in [2.45, 2.75) is 31.7 Å². The molecule has 0 unspecified atom stereocenters. The van der Waals surface area contributed by atoms with E-state index >= 15 is 0 Å². The number of methoxy groups -OCH3 is 1. The van der Waals surface area contributed by atoms with E-state index in [1.54, 1.807) is 18.1 Å². The fourth-order valence-electron chi connectivity index (χ4n) is 5.04. The minimum atomic E-state index is -0.610. The maximum Gasteiger partial charge on any atom is 0.224 e. The second-order valence-electron chi connectivity index (χ2n) is 8.65. The Balaban J connectivity index is 1.68. The molecule has 172 valence electrons. The molecule has 5 nitrogen and oxygen atoms in total. The summed E-state index contributed by atoms with van der Waals surface area (Å²) in [6.07, 6.45) is 1.00. The average Bonchev–Trinajstić information content (AvgIpc) is 2.99. The molecule has 2 atom stereocenters. The van der Waals surface area contributed by atoms with Crippen LogP contribution in [0.25, 0.3) is 0 Å². The molecular weight excluding hydrogens is 448 g/mol.